The van der Waals surface area contributed by atoms with Crippen molar-refractivity contribution in [1.29, 1.82) is 0 Å². The lowest BCUT2D eigenvalue weighted by atomic mass is 10.0. The van der Waals surface area contributed by atoms with E-state index in [4.69, 9.17) is 0 Å². The van der Waals surface area contributed by atoms with E-state index < -0.39 is 0 Å². The summed E-state index contributed by atoms with van der Waals surface area (Å²) in [6.45, 7) is 6.14. The van der Waals surface area contributed by atoms with Gasteiger partial charge in [-0.05, 0) is 33.0 Å². The van der Waals surface area contributed by atoms with Gasteiger partial charge in [-0.1, -0.05) is 0 Å². The first-order valence-corrected chi connectivity index (χ1v) is 5.62. The Morgan fingerprint density at radius 3 is 2.07 bits per heavy atom. The Morgan fingerprint density at radius 2 is 1.50 bits per heavy atom. The molecule has 0 aromatic rings. The van der Waals surface area contributed by atoms with Crippen molar-refractivity contribution < 1.29 is 5.21 Å². The molecule has 0 spiro atoms. The van der Waals surface area contributed by atoms with Gasteiger partial charge in [0.15, 0.2) is 0 Å². The van der Waals surface area contributed by atoms with Gasteiger partial charge in [-0.3, -0.25) is 4.90 Å². The lowest BCUT2D eigenvalue weighted by molar-refractivity contribution is -0.124. The van der Waals surface area contributed by atoms with E-state index in [9.17, 15) is 5.21 Å². The molecule has 0 unspecified atom stereocenters. The van der Waals surface area contributed by atoms with Gasteiger partial charge in [0.2, 0.25) is 0 Å². The second kappa shape index (κ2) is 4.57. The van der Waals surface area contributed by atoms with E-state index in [1.807, 2.05) is 0 Å². The molecule has 0 aromatic carbocycles. The molecule has 2 aliphatic heterocycles. The Balaban J connectivity index is 1.78. The number of piperazine rings is 1. The Labute approximate surface area is 86.0 Å². The number of hydroxylamine groups is 2. The van der Waals surface area contributed by atoms with Gasteiger partial charge in [-0.2, -0.15) is 5.06 Å². The van der Waals surface area contributed by atoms with E-state index in [1.54, 1.807) is 0 Å². The summed E-state index contributed by atoms with van der Waals surface area (Å²) in [6, 6.07) is 0.764. The third-order valence-corrected chi connectivity index (χ3v) is 3.50. The van der Waals surface area contributed by atoms with Crippen molar-refractivity contribution in [3.63, 3.8) is 0 Å². The van der Waals surface area contributed by atoms with Gasteiger partial charge in [-0.25, -0.2) is 0 Å². The minimum Gasteiger partial charge on any atom is -0.314 e. The van der Waals surface area contributed by atoms with E-state index in [0.717, 1.165) is 32.2 Å². The monoisotopic (exact) mass is 199 g/mol. The predicted molar refractivity (Wildman–Crippen MR) is 55.5 cm³/mol. The van der Waals surface area contributed by atoms with E-state index in [1.165, 1.54) is 31.0 Å². The summed E-state index contributed by atoms with van der Waals surface area (Å²) < 4.78 is 0. The van der Waals surface area contributed by atoms with E-state index in [0.29, 0.717) is 0 Å². The minimum atomic E-state index is 0.764. The summed E-state index contributed by atoms with van der Waals surface area (Å²) in [5.41, 5.74) is 0. The van der Waals surface area contributed by atoms with Crippen LogP contribution in [-0.4, -0.2) is 72.4 Å². The fraction of sp³-hybridized carbons (Fsp3) is 1.00. The molecular weight excluding hydrogens is 178 g/mol. The minimum absolute atomic E-state index is 0.764. The predicted octanol–water partition coefficient (Wildman–Crippen LogP) is 0.0874. The zero-order valence-electron chi connectivity index (χ0n) is 9.02. The van der Waals surface area contributed by atoms with Crippen LogP contribution in [0.2, 0.25) is 0 Å². The molecule has 4 heteroatoms. The molecular formula is C10H21N3O. The maximum Gasteiger partial charge on any atom is 0.0366 e. The zero-order valence-corrected chi connectivity index (χ0v) is 9.02. The maximum atomic E-state index is 9.27. The van der Waals surface area contributed by atoms with Crippen LogP contribution in [0, 0.1) is 0 Å². The van der Waals surface area contributed by atoms with E-state index in [2.05, 4.69) is 16.8 Å². The SMILES string of the molecule is CN1CCC(N2CCN(O)CC2)CC1. The molecule has 0 atom stereocenters. The number of piperidine rings is 1. The fourth-order valence-corrected chi connectivity index (χ4v) is 2.44. The first-order valence-electron chi connectivity index (χ1n) is 5.62. The van der Waals surface area contributed by atoms with Crippen LogP contribution >= 0.6 is 0 Å². The Kier molecular flexibility index (Phi) is 3.38. The smallest absolute Gasteiger partial charge is 0.0366 e. The van der Waals surface area contributed by atoms with Crippen LogP contribution in [-0.2, 0) is 0 Å². The quantitative estimate of drug-likeness (QED) is 0.648. The molecule has 82 valence electrons. The molecule has 4 nitrogen and oxygen atoms in total. The van der Waals surface area contributed by atoms with E-state index in [-0.39, 0.29) is 0 Å². The van der Waals surface area contributed by atoms with Crippen LogP contribution in [0.15, 0.2) is 0 Å². The highest BCUT2D eigenvalue weighted by Gasteiger charge is 2.25. The van der Waals surface area contributed by atoms with Gasteiger partial charge in [0.25, 0.3) is 0 Å². The van der Waals surface area contributed by atoms with Gasteiger partial charge in [0.1, 0.15) is 0 Å². The average molecular weight is 199 g/mol. The normalized spacial score (nSPS) is 29.6. The highest BCUT2D eigenvalue weighted by molar-refractivity contribution is 4.81. The van der Waals surface area contributed by atoms with Crippen molar-refractivity contribution in [3.8, 4) is 0 Å². The molecule has 14 heavy (non-hydrogen) atoms. The highest BCUT2D eigenvalue weighted by atomic mass is 16.5. The molecule has 0 amide bonds. The molecule has 0 saturated carbocycles. The number of rotatable bonds is 1. The van der Waals surface area contributed by atoms with Crippen molar-refractivity contribution in [3.05, 3.63) is 0 Å². The number of nitrogens with zero attached hydrogens (tertiary/aromatic N) is 3. The lowest BCUT2D eigenvalue weighted by Crippen LogP contribution is -2.52. The number of hydrogen-bond donors (Lipinski definition) is 1. The topological polar surface area (TPSA) is 30.0 Å². The first-order chi connectivity index (χ1) is 6.75. The Morgan fingerprint density at radius 1 is 0.929 bits per heavy atom. The number of likely N-dealkylation sites (tertiary alicyclic amines) is 1. The Bertz CT molecular complexity index is 152. The summed E-state index contributed by atoms with van der Waals surface area (Å²) in [5.74, 6) is 0. The zero-order chi connectivity index (χ0) is 9.97. The maximum absolute atomic E-state index is 9.27. The van der Waals surface area contributed by atoms with Crippen molar-refractivity contribution in [1.82, 2.24) is 14.9 Å². The molecule has 2 aliphatic rings. The third-order valence-electron chi connectivity index (χ3n) is 3.50. The van der Waals surface area contributed by atoms with Gasteiger partial charge in [-0.15, -0.1) is 0 Å². The van der Waals surface area contributed by atoms with Gasteiger partial charge in [0.05, 0.1) is 0 Å². The molecule has 2 fully saturated rings. The van der Waals surface area contributed by atoms with Crippen LogP contribution in [0.1, 0.15) is 12.8 Å². The van der Waals surface area contributed by atoms with Crippen LogP contribution in [0.25, 0.3) is 0 Å². The van der Waals surface area contributed by atoms with Crippen molar-refractivity contribution in [2.75, 3.05) is 46.3 Å². The first kappa shape index (κ1) is 10.4. The van der Waals surface area contributed by atoms with Gasteiger partial charge >= 0.3 is 0 Å². The summed E-state index contributed by atoms with van der Waals surface area (Å²) in [7, 11) is 2.20. The largest absolute Gasteiger partial charge is 0.314 e. The van der Waals surface area contributed by atoms with E-state index >= 15 is 0 Å². The van der Waals surface area contributed by atoms with Crippen LogP contribution in [0.5, 0.6) is 0 Å². The van der Waals surface area contributed by atoms with Crippen LogP contribution < -0.4 is 0 Å². The summed E-state index contributed by atoms with van der Waals surface area (Å²) in [6.07, 6.45) is 2.59. The summed E-state index contributed by atoms with van der Waals surface area (Å²) >= 11 is 0. The van der Waals surface area contributed by atoms with Crippen molar-refractivity contribution >= 4 is 0 Å². The Hall–Kier alpha value is -0.160. The second-order valence-electron chi connectivity index (χ2n) is 4.52. The molecule has 0 bridgehead atoms. The molecule has 0 aromatic heterocycles. The molecule has 2 heterocycles. The molecule has 0 aliphatic carbocycles. The lowest BCUT2D eigenvalue weighted by Gasteiger charge is -2.40. The third kappa shape index (κ3) is 2.45. The van der Waals surface area contributed by atoms with Gasteiger partial charge in [0, 0.05) is 32.2 Å². The average Bonchev–Trinajstić information content (AvgIpc) is 2.21. The summed E-state index contributed by atoms with van der Waals surface area (Å²) in [5, 5.41) is 10.7. The summed E-state index contributed by atoms with van der Waals surface area (Å²) in [4.78, 5) is 4.94. The molecule has 0 radical (unpaired) electrons. The fourth-order valence-electron chi connectivity index (χ4n) is 2.44. The van der Waals surface area contributed by atoms with Crippen molar-refractivity contribution in [2.45, 2.75) is 18.9 Å². The van der Waals surface area contributed by atoms with Crippen LogP contribution in [0.4, 0.5) is 0 Å². The van der Waals surface area contributed by atoms with Crippen molar-refractivity contribution in [2.24, 2.45) is 0 Å². The second-order valence-corrected chi connectivity index (χ2v) is 4.52. The van der Waals surface area contributed by atoms with Crippen LogP contribution in [0.3, 0.4) is 0 Å². The van der Waals surface area contributed by atoms with Gasteiger partial charge < -0.3 is 10.1 Å². The molecule has 2 rings (SSSR count). The highest BCUT2D eigenvalue weighted by Crippen LogP contribution is 2.16. The number of hydrogen-bond acceptors (Lipinski definition) is 4. The molecule has 1 N–H and O–H groups in total. The molecule has 2 saturated heterocycles. The standard InChI is InChI=1S/C10H21N3O/c1-11-4-2-10(3-5-11)12-6-8-13(14)9-7-12/h10,14H,2-9H2,1H3.